The van der Waals surface area contributed by atoms with Gasteiger partial charge in [-0.05, 0) is 57.9 Å². The fourth-order valence-corrected chi connectivity index (χ4v) is 8.24. The van der Waals surface area contributed by atoms with Crippen LogP contribution >= 0.6 is 7.49 Å². The molecule has 0 saturated heterocycles. The summed E-state index contributed by atoms with van der Waals surface area (Å²) in [6, 6.07) is 27.8. The minimum Gasteiger partial charge on any atom is -0.320 e. The summed E-state index contributed by atoms with van der Waals surface area (Å²) in [5.74, 6) is -0.549. The Hall–Kier alpha value is -3.55. The van der Waals surface area contributed by atoms with Gasteiger partial charge >= 0.3 is 6.03 Å². The number of hydrazone groups is 1. The molecule has 4 rings (SSSR count). The van der Waals surface area contributed by atoms with Gasteiger partial charge in [-0.1, -0.05) is 78.9 Å². The van der Waals surface area contributed by atoms with Crippen molar-refractivity contribution in [3.05, 3.63) is 102 Å². The number of hydrogen-bond donors (Lipinski definition) is 1. The van der Waals surface area contributed by atoms with Crippen molar-refractivity contribution in [2.45, 2.75) is 59.9 Å². The second-order valence-corrected chi connectivity index (χ2v) is 12.5. The van der Waals surface area contributed by atoms with Crippen molar-refractivity contribution < 1.29 is 18.6 Å². The third-order valence-corrected chi connectivity index (χ3v) is 9.92. The minimum absolute atomic E-state index is 0.0415. The van der Waals surface area contributed by atoms with Crippen LogP contribution < -0.4 is 5.32 Å². The number of rotatable bonds is 10. The molecule has 0 fully saturated rings. The molecule has 1 aliphatic rings. The van der Waals surface area contributed by atoms with Crippen molar-refractivity contribution in [3.63, 3.8) is 0 Å². The maximum Gasteiger partial charge on any atom is 0.349 e. The number of carbonyl (C=O) groups excluding carboxylic acids is 2. The van der Waals surface area contributed by atoms with Gasteiger partial charge in [-0.2, -0.15) is 5.10 Å². The Bertz CT molecular complexity index is 1340. The largest absolute Gasteiger partial charge is 0.349 e. The number of imide groups is 1. The molecule has 3 aromatic carbocycles. The second kappa shape index (κ2) is 13.2. The first-order valence-corrected chi connectivity index (χ1v) is 15.0. The smallest absolute Gasteiger partial charge is 0.320 e. The highest BCUT2D eigenvalue weighted by atomic mass is 31.2. The highest BCUT2D eigenvalue weighted by Crippen LogP contribution is 2.59. The highest BCUT2D eigenvalue weighted by Gasteiger charge is 2.46. The summed E-state index contributed by atoms with van der Waals surface area (Å²) in [6.07, 6.45) is 0. The van der Waals surface area contributed by atoms with Crippen LogP contribution in [0.4, 0.5) is 10.5 Å². The van der Waals surface area contributed by atoms with Crippen LogP contribution in [0.2, 0.25) is 0 Å². The van der Waals surface area contributed by atoms with Crippen molar-refractivity contribution in [2.24, 2.45) is 5.10 Å². The summed E-state index contributed by atoms with van der Waals surface area (Å²) in [5.41, 5.74) is 2.85. The van der Waals surface area contributed by atoms with Crippen molar-refractivity contribution in [1.29, 1.82) is 0 Å². The van der Waals surface area contributed by atoms with Gasteiger partial charge in [-0.25, -0.2) is 9.46 Å². The van der Waals surface area contributed by atoms with E-state index in [-0.39, 0.29) is 30.6 Å². The first kappa shape index (κ1) is 29.4. The summed E-state index contributed by atoms with van der Waals surface area (Å²) in [7, 11) is -3.32. The fraction of sp³-hybridized carbons (Fsp3) is 0.290. The van der Waals surface area contributed by atoms with Crippen LogP contribution in [-0.2, 0) is 27.1 Å². The number of nitrogens with zero attached hydrogens (tertiary/aromatic N) is 3. The Balaban J connectivity index is 1.84. The maximum atomic E-state index is 14.1. The third kappa shape index (κ3) is 6.60. The van der Waals surface area contributed by atoms with E-state index >= 15 is 0 Å². The lowest BCUT2D eigenvalue weighted by Crippen LogP contribution is -2.42. The lowest BCUT2D eigenvalue weighted by Gasteiger charge is -2.43. The quantitative estimate of drug-likeness (QED) is 0.272. The number of hydrogen-bond acceptors (Lipinski definition) is 6. The lowest BCUT2D eigenvalue weighted by molar-refractivity contribution is -0.120. The van der Waals surface area contributed by atoms with Crippen molar-refractivity contribution in [2.75, 3.05) is 5.32 Å². The molecule has 0 radical (unpaired) electrons. The van der Waals surface area contributed by atoms with Crippen molar-refractivity contribution >= 4 is 36.1 Å². The number of benzene rings is 3. The Kier molecular flexibility index (Phi) is 9.71. The van der Waals surface area contributed by atoms with E-state index in [1.165, 1.54) is 0 Å². The van der Waals surface area contributed by atoms with Gasteiger partial charge in [0, 0.05) is 17.8 Å². The predicted molar refractivity (Wildman–Crippen MR) is 162 cm³/mol. The first-order valence-electron chi connectivity index (χ1n) is 13.4. The molecule has 1 heterocycles. The average Bonchev–Trinajstić information content (AvgIpc) is 3.25. The number of nitrogens with one attached hydrogen (secondary N) is 1. The zero-order valence-corrected chi connectivity index (χ0v) is 24.5. The van der Waals surface area contributed by atoms with Crippen LogP contribution in [0.15, 0.2) is 96.1 Å². The standard InChI is InChI=1S/C31H37N4O4P/c1-23(2)35(24(3)4)40(38-21-26-15-9-6-10-16-26,39-22-27-17-11-7-12-18-27)29-25(5)33-34(30(29)36)31(37)32-28-19-13-8-14-20-28/h6-20,23-24H,21-22H2,1-5H3,(H,32,37). The molecular formula is C31H37N4O4P. The van der Waals surface area contributed by atoms with Gasteiger partial charge in [0.15, 0.2) is 0 Å². The van der Waals surface area contributed by atoms with E-state index in [1.807, 2.05) is 78.9 Å². The molecule has 0 saturated carbocycles. The Morgan fingerprint density at radius 2 is 1.27 bits per heavy atom. The van der Waals surface area contributed by atoms with Gasteiger partial charge in [0.2, 0.25) is 7.49 Å². The molecular weight excluding hydrogens is 523 g/mol. The maximum absolute atomic E-state index is 14.1. The van der Waals surface area contributed by atoms with Crippen molar-refractivity contribution in [1.82, 2.24) is 9.68 Å². The molecule has 0 aliphatic carbocycles. The van der Waals surface area contributed by atoms with Crippen LogP contribution in [0.1, 0.15) is 45.7 Å². The molecule has 0 atom stereocenters. The fourth-order valence-electron chi connectivity index (χ4n) is 4.75. The molecule has 0 aromatic heterocycles. The van der Waals surface area contributed by atoms with Crippen LogP contribution in [0.25, 0.3) is 0 Å². The van der Waals surface area contributed by atoms with Gasteiger partial charge < -0.3 is 14.4 Å². The van der Waals surface area contributed by atoms with E-state index in [2.05, 4.69) is 42.8 Å². The molecule has 3 aromatic rings. The predicted octanol–water partition coefficient (Wildman–Crippen LogP) is 6.92. The van der Waals surface area contributed by atoms with E-state index in [1.54, 1.807) is 19.1 Å². The van der Waals surface area contributed by atoms with Gasteiger partial charge in [-0.3, -0.25) is 4.79 Å². The highest BCUT2D eigenvalue weighted by molar-refractivity contribution is 7.69. The zero-order valence-electron chi connectivity index (χ0n) is 23.7. The summed E-state index contributed by atoms with van der Waals surface area (Å²) < 4.78 is 15.8. The summed E-state index contributed by atoms with van der Waals surface area (Å²) in [6.45, 7) is 10.4. The van der Waals surface area contributed by atoms with E-state index in [0.29, 0.717) is 11.4 Å². The lowest BCUT2D eigenvalue weighted by atomic mass is 10.2. The SMILES string of the molecule is CC1=NN(C(=O)Nc2ccccc2)C(=O)C1=P(OCc1ccccc1)(OCc1ccccc1)N(C(C)C)C(C)C. The van der Waals surface area contributed by atoms with E-state index in [4.69, 9.17) is 9.05 Å². The number of amides is 3. The van der Waals surface area contributed by atoms with E-state index < -0.39 is 19.4 Å². The van der Waals surface area contributed by atoms with Crippen LogP contribution in [0.3, 0.4) is 0 Å². The third-order valence-electron chi connectivity index (χ3n) is 6.35. The summed E-state index contributed by atoms with van der Waals surface area (Å²) in [5, 5.41) is 8.34. The number of carbonyl (C=O) groups is 2. The van der Waals surface area contributed by atoms with E-state index in [0.717, 1.165) is 16.1 Å². The number of para-hydroxylation sites is 1. The van der Waals surface area contributed by atoms with Crippen LogP contribution in [0, 0.1) is 0 Å². The van der Waals surface area contributed by atoms with Gasteiger partial charge in [0.1, 0.15) is 5.29 Å². The van der Waals surface area contributed by atoms with Gasteiger partial charge in [0.05, 0.1) is 18.9 Å². The number of anilines is 1. The van der Waals surface area contributed by atoms with Gasteiger partial charge in [-0.15, -0.1) is 5.01 Å². The molecule has 40 heavy (non-hydrogen) atoms. The summed E-state index contributed by atoms with van der Waals surface area (Å²) in [4.78, 5) is 27.4. The van der Waals surface area contributed by atoms with Crippen LogP contribution in [0.5, 0.6) is 0 Å². The Morgan fingerprint density at radius 3 is 1.73 bits per heavy atom. The Morgan fingerprint density at radius 1 is 0.825 bits per heavy atom. The van der Waals surface area contributed by atoms with Crippen LogP contribution in [-0.4, -0.2) is 44.7 Å². The second-order valence-electron chi connectivity index (χ2n) is 10.1. The van der Waals surface area contributed by atoms with Crippen molar-refractivity contribution in [3.8, 4) is 0 Å². The normalized spacial score (nSPS) is 13.9. The minimum atomic E-state index is -3.32. The molecule has 1 aliphatic heterocycles. The molecule has 3 amide bonds. The topological polar surface area (TPSA) is 83.5 Å². The Labute approximate surface area is 236 Å². The first-order chi connectivity index (χ1) is 19.2. The zero-order chi connectivity index (χ0) is 28.7. The van der Waals surface area contributed by atoms with E-state index in [9.17, 15) is 9.59 Å². The molecule has 8 nitrogen and oxygen atoms in total. The molecule has 1 N–H and O–H groups in total. The number of urea groups is 1. The van der Waals surface area contributed by atoms with Gasteiger partial charge in [0.25, 0.3) is 5.91 Å². The monoisotopic (exact) mass is 560 g/mol. The molecule has 9 heteroatoms. The molecule has 210 valence electrons. The molecule has 0 unspecified atom stereocenters. The average molecular weight is 561 g/mol. The summed E-state index contributed by atoms with van der Waals surface area (Å²) >= 11 is 0. The molecule has 0 spiro atoms. The molecule has 0 bridgehead atoms.